The topological polar surface area (TPSA) is 32.6 Å². The maximum atomic E-state index is 8.73. The number of hydrogen-bond acceptors (Lipinski definition) is 2. The van der Waals surface area contributed by atoms with E-state index in [-0.39, 0.29) is 0 Å². The predicted molar refractivity (Wildman–Crippen MR) is 99.0 cm³/mol. The van der Waals surface area contributed by atoms with E-state index in [1.165, 1.54) is 83.5 Å². The molecule has 22 heavy (non-hydrogen) atoms. The second-order valence-electron chi connectivity index (χ2n) is 7.19. The average Bonchev–Trinajstić information content (AvgIpc) is 2.51. The molecule has 0 bridgehead atoms. The lowest BCUT2D eigenvalue weighted by Crippen LogP contribution is -1.95. The van der Waals surface area contributed by atoms with Gasteiger partial charge in [-0.1, -0.05) is 103 Å². The maximum Gasteiger partial charge on any atom is 0.0568 e. The Bertz CT molecular complexity index is 248. The Morgan fingerprint density at radius 1 is 0.727 bits per heavy atom. The number of unbranched alkanes of at least 4 members (excludes halogenated alkanes) is 11. The van der Waals surface area contributed by atoms with Crippen molar-refractivity contribution < 1.29 is 5.21 Å². The molecule has 132 valence electrons. The molecule has 0 saturated heterocycles. The Morgan fingerprint density at radius 3 is 1.50 bits per heavy atom. The van der Waals surface area contributed by atoms with E-state index in [0.717, 1.165) is 24.5 Å². The van der Waals surface area contributed by atoms with Crippen LogP contribution in [0.25, 0.3) is 0 Å². The first-order valence-electron chi connectivity index (χ1n) is 9.90. The van der Waals surface area contributed by atoms with E-state index in [4.69, 9.17) is 5.21 Å². The molecule has 0 aliphatic carbocycles. The molecule has 1 N–H and O–H groups in total. The van der Waals surface area contributed by atoms with E-state index in [9.17, 15) is 0 Å². The minimum atomic E-state index is 0.879. The molecule has 0 saturated carbocycles. The van der Waals surface area contributed by atoms with Gasteiger partial charge in [-0.25, -0.2) is 0 Å². The molecule has 0 heterocycles. The third-order valence-corrected chi connectivity index (χ3v) is 4.55. The highest BCUT2D eigenvalue weighted by Crippen LogP contribution is 2.14. The predicted octanol–water partition coefficient (Wildman–Crippen LogP) is 7.34. The van der Waals surface area contributed by atoms with Crippen molar-refractivity contribution in [2.75, 3.05) is 0 Å². The van der Waals surface area contributed by atoms with Crippen LogP contribution in [0, 0.1) is 5.92 Å². The van der Waals surface area contributed by atoms with Gasteiger partial charge in [0.1, 0.15) is 0 Å². The first kappa shape index (κ1) is 21.5. The van der Waals surface area contributed by atoms with Crippen molar-refractivity contribution in [1.29, 1.82) is 0 Å². The molecule has 0 unspecified atom stereocenters. The second-order valence-corrected chi connectivity index (χ2v) is 7.19. The Kier molecular flexibility index (Phi) is 16.4. The van der Waals surface area contributed by atoms with Crippen molar-refractivity contribution >= 4 is 5.71 Å². The van der Waals surface area contributed by atoms with Crippen molar-refractivity contribution in [2.24, 2.45) is 11.1 Å². The molecule has 0 aromatic carbocycles. The van der Waals surface area contributed by atoms with E-state index in [1.54, 1.807) is 0 Å². The van der Waals surface area contributed by atoms with Crippen LogP contribution in [-0.4, -0.2) is 10.9 Å². The molecular formula is C20H41NO. The summed E-state index contributed by atoms with van der Waals surface area (Å²) in [6, 6.07) is 0. The van der Waals surface area contributed by atoms with Crippen LogP contribution in [0.3, 0.4) is 0 Å². The highest BCUT2D eigenvalue weighted by Gasteiger charge is 1.98. The molecule has 0 radical (unpaired) electrons. The minimum absolute atomic E-state index is 0.879. The summed E-state index contributed by atoms with van der Waals surface area (Å²) in [6.07, 6.45) is 19.9. The van der Waals surface area contributed by atoms with E-state index in [2.05, 4.69) is 25.9 Å². The highest BCUT2D eigenvalue weighted by molar-refractivity contribution is 5.83. The molecule has 0 amide bonds. The minimum Gasteiger partial charge on any atom is -0.411 e. The average molecular weight is 312 g/mol. The molecule has 0 spiro atoms. The number of hydrogen-bond donors (Lipinski definition) is 1. The fraction of sp³-hybridized carbons (Fsp3) is 0.950. The molecule has 0 aliphatic rings. The summed E-state index contributed by atoms with van der Waals surface area (Å²) in [6.45, 7) is 6.70. The monoisotopic (exact) mass is 311 g/mol. The molecule has 0 atom stereocenters. The van der Waals surface area contributed by atoms with Crippen molar-refractivity contribution in [3.05, 3.63) is 0 Å². The Balaban J connectivity index is 3.08. The molecule has 0 rings (SSSR count). The third kappa shape index (κ3) is 15.9. The zero-order valence-corrected chi connectivity index (χ0v) is 15.6. The standard InChI is InChI=1S/C20H41NO/c1-4-20(21-22)18-16-14-12-10-8-6-5-7-9-11-13-15-17-19(2)3/h19,22H,4-18H2,1-3H3. The van der Waals surface area contributed by atoms with E-state index < -0.39 is 0 Å². The number of oxime groups is 1. The van der Waals surface area contributed by atoms with Gasteiger partial charge in [0.2, 0.25) is 0 Å². The van der Waals surface area contributed by atoms with Crippen LogP contribution in [0.5, 0.6) is 0 Å². The first-order valence-corrected chi connectivity index (χ1v) is 9.90. The summed E-state index contributed by atoms with van der Waals surface area (Å²) >= 11 is 0. The van der Waals surface area contributed by atoms with Crippen LogP contribution >= 0.6 is 0 Å². The summed E-state index contributed by atoms with van der Waals surface area (Å²) in [5.74, 6) is 0.879. The van der Waals surface area contributed by atoms with Gasteiger partial charge in [-0.2, -0.15) is 0 Å². The third-order valence-electron chi connectivity index (χ3n) is 4.55. The lowest BCUT2D eigenvalue weighted by Gasteiger charge is -2.05. The van der Waals surface area contributed by atoms with Gasteiger partial charge in [-0.15, -0.1) is 0 Å². The quantitative estimate of drug-likeness (QED) is 0.137. The number of rotatable bonds is 16. The molecule has 0 aromatic heterocycles. The summed E-state index contributed by atoms with van der Waals surface area (Å²) in [7, 11) is 0. The van der Waals surface area contributed by atoms with Gasteiger partial charge in [0, 0.05) is 0 Å². The fourth-order valence-corrected chi connectivity index (χ4v) is 2.95. The lowest BCUT2D eigenvalue weighted by atomic mass is 10.0. The largest absolute Gasteiger partial charge is 0.411 e. The van der Waals surface area contributed by atoms with Gasteiger partial charge < -0.3 is 5.21 Å². The smallest absolute Gasteiger partial charge is 0.0568 e. The SMILES string of the molecule is CCC(CCCCCCCCCCCCCCC(C)C)=NO. The van der Waals surface area contributed by atoms with Crippen LogP contribution in [0.15, 0.2) is 5.16 Å². The zero-order valence-electron chi connectivity index (χ0n) is 15.6. The van der Waals surface area contributed by atoms with Crippen LogP contribution in [0.1, 0.15) is 117 Å². The van der Waals surface area contributed by atoms with Gasteiger partial charge >= 0.3 is 0 Å². The Morgan fingerprint density at radius 2 is 1.14 bits per heavy atom. The number of nitrogens with zero attached hydrogens (tertiary/aromatic N) is 1. The molecule has 0 aromatic rings. The molecule has 2 heteroatoms. The summed E-state index contributed by atoms with van der Waals surface area (Å²) < 4.78 is 0. The maximum absolute atomic E-state index is 8.73. The molecule has 0 aliphatic heterocycles. The lowest BCUT2D eigenvalue weighted by molar-refractivity contribution is 0.316. The van der Waals surface area contributed by atoms with Crippen molar-refractivity contribution in [1.82, 2.24) is 0 Å². The Hall–Kier alpha value is -0.530. The zero-order chi connectivity index (χ0) is 16.5. The van der Waals surface area contributed by atoms with E-state index >= 15 is 0 Å². The molecule has 2 nitrogen and oxygen atoms in total. The molecule has 0 fully saturated rings. The van der Waals surface area contributed by atoms with Crippen molar-refractivity contribution in [3.8, 4) is 0 Å². The highest BCUT2D eigenvalue weighted by atomic mass is 16.4. The van der Waals surface area contributed by atoms with E-state index in [0.29, 0.717) is 0 Å². The van der Waals surface area contributed by atoms with Gasteiger partial charge in [-0.3, -0.25) is 0 Å². The van der Waals surface area contributed by atoms with Crippen LogP contribution in [-0.2, 0) is 0 Å². The fourth-order valence-electron chi connectivity index (χ4n) is 2.95. The van der Waals surface area contributed by atoms with Gasteiger partial charge in [0.15, 0.2) is 0 Å². The normalized spacial score (nSPS) is 12.3. The molecular weight excluding hydrogens is 270 g/mol. The van der Waals surface area contributed by atoms with Crippen molar-refractivity contribution in [2.45, 2.75) is 117 Å². The summed E-state index contributed by atoms with van der Waals surface area (Å²) in [4.78, 5) is 0. The summed E-state index contributed by atoms with van der Waals surface area (Å²) in [5, 5.41) is 12.1. The van der Waals surface area contributed by atoms with Gasteiger partial charge in [0.05, 0.1) is 5.71 Å². The first-order chi connectivity index (χ1) is 10.7. The van der Waals surface area contributed by atoms with E-state index in [1.807, 2.05) is 0 Å². The van der Waals surface area contributed by atoms with Crippen molar-refractivity contribution in [3.63, 3.8) is 0 Å². The van der Waals surface area contributed by atoms with Crippen LogP contribution in [0.2, 0.25) is 0 Å². The Labute approximate surface area is 139 Å². The second kappa shape index (κ2) is 16.8. The summed E-state index contributed by atoms with van der Waals surface area (Å²) in [5.41, 5.74) is 0.952. The van der Waals surface area contributed by atoms with Crippen LogP contribution in [0.4, 0.5) is 0 Å². The van der Waals surface area contributed by atoms with Crippen LogP contribution < -0.4 is 0 Å². The van der Waals surface area contributed by atoms with Gasteiger partial charge in [-0.05, 0) is 25.2 Å². The van der Waals surface area contributed by atoms with Gasteiger partial charge in [0.25, 0.3) is 0 Å².